The van der Waals surface area contributed by atoms with Crippen LogP contribution in [0.3, 0.4) is 0 Å². The van der Waals surface area contributed by atoms with E-state index >= 15 is 0 Å². The van der Waals surface area contributed by atoms with E-state index < -0.39 is 0 Å². The Morgan fingerprint density at radius 3 is 3.00 bits per heavy atom. The topological polar surface area (TPSA) is 47.3 Å². The van der Waals surface area contributed by atoms with Crippen LogP contribution in [0.4, 0.5) is 5.82 Å². The molecule has 2 aromatic heterocycles. The minimum absolute atomic E-state index is 0.775. The maximum absolute atomic E-state index is 5.32. The number of ether oxygens (including phenoxy) is 1. The van der Waals surface area contributed by atoms with Gasteiger partial charge in [-0.05, 0) is 35.7 Å². The van der Waals surface area contributed by atoms with E-state index in [9.17, 15) is 0 Å². The van der Waals surface area contributed by atoms with E-state index in [1.54, 1.807) is 13.4 Å². The molecule has 0 bridgehead atoms. The molecule has 0 aliphatic rings. The van der Waals surface area contributed by atoms with Gasteiger partial charge in [-0.2, -0.15) is 0 Å². The number of aromatic nitrogens is 1. The van der Waals surface area contributed by atoms with Crippen molar-refractivity contribution in [2.45, 2.75) is 6.42 Å². The molecule has 0 fully saturated rings. The predicted molar refractivity (Wildman–Crippen MR) is 79.2 cm³/mol. The monoisotopic (exact) mass is 268 g/mol. The summed E-state index contributed by atoms with van der Waals surface area (Å²) in [5.41, 5.74) is 0. The number of pyridine rings is 1. The lowest BCUT2D eigenvalue weighted by Crippen LogP contribution is -2.06. The van der Waals surface area contributed by atoms with E-state index in [2.05, 4.69) is 10.3 Å². The van der Waals surface area contributed by atoms with Crippen molar-refractivity contribution in [1.29, 1.82) is 0 Å². The molecule has 3 rings (SSSR count). The van der Waals surface area contributed by atoms with Gasteiger partial charge in [-0.25, -0.2) is 4.98 Å². The molecule has 4 heteroatoms. The number of methoxy groups -OCH3 is 1. The number of hydrogen-bond acceptors (Lipinski definition) is 4. The molecular weight excluding hydrogens is 252 g/mol. The molecule has 2 heterocycles. The van der Waals surface area contributed by atoms with Gasteiger partial charge in [-0.3, -0.25) is 0 Å². The van der Waals surface area contributed by atoms with Crippen molar-refractivity contribution >= 4 is 16.6 Å². The van der Waals surface area contributed by atoms with Gasteiger partial charge in [-0.15, -0.1) is 0 Å². The molecule has 0 saturated carbocycles. The zero-order valence-corrected chi connectivity index (χ0v) is 11.3. The Kier molecular flexibility index (Phi) is 3.54. The second-order valence-corrected chi connectivity index (χ2v) is 4.50. The van der Waals surface area contributed by atoms with E-state index in [4.69, 9.17) is 9.15 Å². The van der Waals surface area contributed by atoms with Crippen molar-refractivity contribution in [3.05, 3.63) is 54.6 Å². The van der Waals surface area contributed by atoms with Gasteiger partial charge in [0.1, 0.15) is 17.3 Å². The Morgan fingerprint density at radius 1 is 1.25 bits per heavy atom. The van der Waals surface area contributed by atoms with Crippen molar-refractivity contribution in [1.82, 2.24) is 4.98 Å². The molecule has 0 aliphatic carbocycles. The van der Waals surface area contributed by atoms with Gasteiger partial charge < -0.3 is 14.5 Å². The third-order valence-corrected chi connectivity index (χ3v) is 3.22. The zero-order chi connectivity index (χ0) is 13.8. The maximum atomic E-state index is 5.32. The van der Waals surface area contributed by atoms with Gasteiger partial charge in [-0.1, -0.05) is 6.07 Å². The molecule has 20 heavy (non-hydrogen) atoms. The highest BCUT2D eigenvalue weighted by molar-refractivity contribution is 5.92. The first-order valence-electron chi connectivity index (χ1n) is 6.56. The molecule has 0 unspecified atom stereocenters. The fourth-order valence-electron chi connectivity index (χ4n) is 2.17. The van der Waals surface area contributed by atoms with Crippen LogP contribution >= 0.6 is 0 Å². The molecule has 0 aliphatic heterocycles. The average molecular weight is 268 g/mol. The molecular formula is C16H16N2O2. The van der Waals surface area contributed by atoms with Crippen LogP contribution in [0.1, 0.15) is 5.76 Å². The summed E-state index contributed by atoms with van der Waals surface area (Å²) in [6.07, 6.45) is 4.33. The van der Waals surface area contributed by atoms with Crippen molar-refractivity contribution in [3.63, 3.8) is 0 Å². The van der Waals surface area contributed by atoms with Crippen LogP contribution in [-0.2, 0) is 6.42 Å². The number of nitrogens with zero attached hydrogens (tertiary/aromatic N) is 1. The van der Waals surface area contributed by atoms with E-state index in [1.807, 2.05) is 42.6 Å². The molecule has 3 aromatic rings. The van der Waals surface area contributed by atoms with Crippen LogP contribution in [0, 0.1) is 0 Å². The van der Waals surface area contributed by atoms with Gasteiger partial charge in [0.25, 0.3) is 0 Å². The number of fused-ring (bicyclic) bond motifs is 1. The number of furan rings is 1. The third kappa shape index (κ3) is 2.59. The largest absolute Gasteiger partial charge is 0.497 e. The lowest BCUT2D eigenvalue weighted by atomic mass is 10.1. The van der Waals surface area contributed by atoms with Crippen molar-refractivity contribution in [3.8, 4) is 5.75 Å². The number of anilines is 1. The number of benzene rings is 1. The second-order valence-electron chi connectivity index (χ2n) is 4.50. The van der Waals surface area contributed by atoms with E-state index in [1.165, 1.54) is 0 Å². The normalized spacial score (nSPS) is 10.7. The van der Waals surface area contributed by atoms with E-state index in [0.717, 1.165) is 41.1 Å². The highest BCUT2D eigenvalue weighted by atomic mass is 16.5. The fraction of sp³-hybridized carbons (Fsp3) is 0.188. The van der Waals surface area contributed by atoms with E-state index in [0.29, 0.717) is 0 Å². The summed E-state index contributed by atoms with van der Waals surface area (Å²) in [7, 11) is 1.67. The summed E-state index contributed by atoms with van der Waals surface area (Å²) >= 11 is 0. The second kappa shape index (κ2) is 5.65. The Balaban J connectivity index is 1.79. The average Bonchev–Trinajstić information content (AvgIpc) is 3.00. The smallest absolute Gasteiger partial charge is 0.133 e. The Labute approximate surface area is 117 Å². The molecule has 0 amide bonds. The van der Waals surface area contributed by atoms with Crippen molar-refractivity contribution in [2.24, 2.45) is 0 Å². The van der Waals surface area contributed by atoms with Gasteiger partial charge in [0.2, 0.25) is 0 Å². The Morgan fingerprint density at radius 2 is 2.20 bits per heavy atom. The number of rotatable bonds is 5. The SMILES string of the molecule is COc1ccc2ccnc(NCCc3ccco3)c2c1. The lowest BCUT2D eigenvalue weighted by Gasteiger charge is -2.09. The summed E-state index contributed by atoms with van der Waals surface area (Å²) in [5, 5.41) is 5.55. The predicted octanol–water partition coefficient (Wildman–Crippen LogP) is 3.49. The van der Waals surface area contributed by atoms with Crippen LogP contribution in [0.5, 0.6) is 5.75 Å². The van der Waals surface area contributed by atoms with Crippen molar-refractivity contribution in [2.75, 3.05) is 19.0 Å². The molecule has 1 aromatic carbocycles. The van der Waals surface area contributed by atoms with Crippen LogP contribution in [0.2, 0.25) is 0 Å². The number of nitrogens with one attached hydrogen (secondary N) is 1. The molecule has 0 spiro atoms. The van der Waals surface area contributed by atoms with Gasteiger partial charge in [0.05, 0.1) is 13.4 Å². The first-order chi connectivity index (χ1) is 9.86. The highest BCUT2D eigenvalue weighted by Crippen LogP contribution is 2.25. The van der Waals surface area contributed by atoms with Crippen LogP contribution in [0.25, 0.3) is 10.8 Å². The lowest BCUT2D eigenvalue weighted by molar-refractivity contribution is 0.415. The summed E-state index contributed by atoms with van der Waals surface area (Å²) in [6, 6.07) is 11.9. The summed E-state index contributed by atoms with van der Waals surface area (Å²) < 4.78 is 10.6. The first-order valence-corrected chi connectivity index (χ1v) is 6.56. The fourth-order valence-corrected chi connectivity index (χ4v) is 2.17. The highest BCUT2D eigenvalue weighted by Gasteiger charge is 2.04. The Bertz CT molecular complexity index is 693. The molecule has 4 nitrogen and oxygen atoms in total. The summed E-state index contributed by atoms with van der Waals surface area (Å²) in [6.45, 7) is 0.775. The van der Waals surface area contributed by atoms with Gasteiger partial charge in [0, 0.05) is 24.5 Å². The number of hydrogen-bond donors (Lipinski definition) is 1. The van der Waals surface area contributed by atoms with Gasteiger partial charge >= 0.3 is 0 Å². The quantitative estimate of drug-likeness (QED) is 0.769. The molecule has 102 valence electrons. The first kappa shape index (κ1) is 12.5. The summed E-state index contributed by atoms with van der Waals surface area (Å²) in [4.78, 5) is 4.40. The van der Waals surface area contributed by atoms with Crippen LogP contribution < -0.4 is 10.1 Å². The van der Waals surface area contributed by atoms with E-state index in [-0.39, 0.29) is 0 Å². The minimum atomic E-state index is 0.775. The molecule has 0 atom stereocenters. The minimum Gasteiger partial charge on any atom is -0.497 e. The van der Waals surface area contributed by atoms with Crippen LogP contribution in [-0.4, -0.2) is 18.6 Å². The van der Waals surface area contributed by atoms with Gasteiger partial charge in [0.15, 0.2) is 0 Å². The zero-order valence-electron chi connectivity index (χ0n) is 11.3. The van der Waals surface area contributed by atoms with Crippen molar-refractivity contribution < 1.29 is 9.15 Å². The Hall–Kier alpha value is -2.49. The summed E-state index contributed by atoms with van der Waals surface area (Å²) in [5.74, 6) is 2.67. The maximum Gasteiger partial charge on any atom is 0.133 e. The third-order valence-electron chi connectivity index (χ3n) is 3.22. The molecule has 1 N–H and O–H groups in total. The molecule has 0 radical (unpaired) electrons. The standard InChI is InChI=1S/C16H16N2O2/c1-19-14-5-4-12-6-8-17-16(15(12)11-14)18-9-7-13-3-2-10-20-13/h2-6,8,10-11H,7,9H2,1H3,(H,17,18). The molecule has 0 saturated heterocycles. The van der Waals surface area contributed by atoms with Crippen LogP contribution in [0.15, 0.2) is 53.3 Å².